The van der Waals surface area contributed by atoms with Crippen LogP contribution in [-0.2, 0) is 0 Å². The second-order valence-corrected chi connectivity index (χ2v) is 6.71. The van der Waals surface area contributed by atoms with Gasteiger partial charge in [-0.25, -0.2) is 4.39 Å². The molecule has 0 radical (unpaired) electrons. The summed E-state index contributed by atoms with van der Waals surface area (Å²) in [5.74, 6) is 0.994. The van der Waals surface area contributed by atoms with E-state index in [1.807, 2.05) is 12.1 Å². The summed E-state index contributed by atoms with van der Waals surface area (Å²) in [6, 6.07) is 7.30. The molecule has 1 N–H and O–H groups in total. The highest BCUT2D eigenvalue weighted by atomic mass is 19.1. The van der Waals surface area contributed by atoms with Crippen LogP contribution in [-0.4, -0.2) is 48.0 Å². The van der Waals surface area contributed by atoms with Crippen LogP contribution in [0.4, 0.5) is 10.1 Å². The van der Waals surface area contributed by atoms with E-state index in [4.69, 9.17) is 0 Å². The predicted octanol–water partition coefficient (Wildman–Crippen LogP) is 2.58. The molecule has 5 heteroatoms. The number of hydrogen-bond acceptors (Lipinski definition) is 4. The van der Waals surface area contributed by atoms with E-state index >= 15 is 0 Å². The van der Waals surface area contributed by atoms with Crippen molar-refractivity contribution in [1.82, 2.24) is 4.90 Å². The molecular weight excluding hydrogens is 281 g/mol. The first-order valence-electron chi connectivity index (χ1n) is 8.23. The highest BCUT2D eigenvalue weighted by Crippen LogP contribution is 2.45. The van der Waals surface area contributed by atoms with Gasteiger partial charge in [0, 0.05) is 32.1 Å². The zero-order valence-corrected chi connectivity index (χ0v) is 12.7. The number of benzene rings is 1. The van der Waals surface area contributed by atoms with E-state index < -0.39 is 0 Å². The number of halogens is 1. The fraction of sp³-hybridized carbons (Fsp3) is 0.588. The molecular formula is C17H22FN3O. The summed E-state index contributed by atoms with van der Waals surface area (Å²) < 4.78 is 13.9. The number of piperazine rings is 1. The van der Waals surface area contributed by atoms with Crippen LogP contribution in [0.5, 0.6) is 0 Å². The molecule has 1 aromatic rings. The van der Waals surface area contributed by atoms with Gasteiger partial charge in [-0.15, -0.1) is 0 Å². The van der Waals surface area contributed by atoms with Crippen molar-refractivity contribution in [2.75, 3.05) is 31.1 Å². The minimum atomic E-state index is -0.145. The van der Waals surface area contributed by atoms with Crippen molar-refractivity contribution in [2.24, 2.45) is 17.0 Å². The van der Waals surface area contributed by atoms with Crippen LogP contribution in [0.15, 0.2) is 29.4 Å². The van der Waals surface area contributed by atoms with Crippen molar-refractivity contribution >= 4 is 11.4 Å². The molecule has 2 saturated carbocycles. The number of nitrogens with zero attached hydrogens (tertiary/aromatic N) is 3. The van der Waals surface area contributed by atoms with Crippen LogP contribution in [0, 0.1) is 17.7 Å². The van der Waals surface area contributed by atoms with Gasteiger partial charge < -0.3 is 10.1 Å². The number of rotatable bonds is 2. The van der Waals surface area contributed by atoms with Crippen molar-refractivity contribution < 1.29 is 9.60 Å². The fourth-order valence-corrected chi connectivity index (χ4v) is 4.63. The molecule has 1 aliphatic heterocycles. The molecule has 1 saturated heterocycles. The zero-order chi connectivity index (χ0) is 15.1. The van der Waals surface area contributed by atoms with E-state index in [0.717, 1.165) is 31.9 Å². The lowest BCUT2D eigenvalue weighted by atomic mass is 9.91. The third-order valence-electron chi connectivity index (χ3n) is 5.66. The third-order valence-corrected chi connectivity index (χ3v) is 5.66. The molecule has 2 aliphatic carbocycles. The maximum atomic E-state index is 13.9. The maximum Gasteiger partial charge on any atom is 0.146 e. The molecule has 3 atom stereocenters. The van der Waals surface area contributed by atoms with E-state index in [1.54, 1.807) is 6.07 Å². The molecule has 0 amide bonds. The van der Waals surface area contributed by atoms with Gasteiger partial charge >= 0.3 is 0 Å². The molecule has 3 aliphatic rings. The molecule has 0 aromatic heterocycles. The normalized spacial score (nSPS) is 33.8. The van der Waals surface area contributed by atoms with Crippen LogP contribution >= 0.6 is 0 Å². The van der Waals surface area contributed by atoms with Crippen LogP contribution in [0.2, 0.25) is 0 Å². The standard InChI is InChI=1S/C17H22FN3O/c18-14-3-1-2-4-15(14)20-7-9-21(10-8-20)17-13-6-5-12(11-13)16(17)19-22/h1-4,12-13,17,22H,5-11H2. The van der Waals surface area contributed by atoms with E-state index in [1.165, 1.54) is 25.3 Å². The molecule has 1 heterocycles. The Morgan fingerprint density at radius 2 is 1.86 bits per heavy atom. The predicted molar refractivity (Wildman–Crippen MR) is 84.0 cm³/mol. The first-order chi connectivity index (χ1) is 10.8. The number of hydrogen-bond donors (Lipinski definition) is 1. The Kier molecular flexibility index (Phi) is 3.53. The lowest BCUT2D eigenvalue weighted by Crippen LogP contribution is -2.54. The molecule has 22 heavy (non-hydrogen) atoms. The number of fused-ring (bicyclic) bond motifs is 2. The van der Waals surface area contributed by atoms with Crippen LogP contribution in [0.1, 0.15) is 19.3 Å². The zero-order valence-electron chi connectivity index (χ0n) is 12.7. The van der Waals surface area contributed by atoms with Gasteiger partial charge in [0.05, 0.1) is 17.4 Å². The Labute approximate surface area is 130 Å². The van der Waals surface area contributed by atoms with Gasteiger partial charge in [0.15, 0.2) is 0 Å². The van der Waals surface area contributed by atoms with Crippen molar-refractivity contribution in [3.05, 3.63) is 30.1 Å². The highest BCUT2D eigenvalue weighted by molar-refractivity contribution is 5.94. The quantitative estimate of drug-likeness (QED) is 0.674. The van der Waals surface area contributed by atoms with Gasteiger partial charge in [0.1, 0.15) is 5.82 Å². The summed E-state index contributed by atoms with van der Waals surface area (Å²) in [7, 11) is 0. The van der Waals surface area contributed by atoms with Gasteiger partial charge in [0.2, 0.25) is 0 Å². The number of oxime groups is 1. The summed E-state index contributed by atoms with van der Waals surface area (Å²) >= 11 is 0. The Morgan fingerprint density at radius 3 is 2.59 bits per heavy atom. The summed E-state index contributed by atoms with van der Waals surface area (Å²) in [5, 5.41) is 13.0. The first kappa shape index (κ1) is 14.0. The summed E-state index contributed by atoms with van der Waals surface area (Å²) in [6.45, 7) is 3.46. The minimum absolute atomic E-state index is 0.145. The molecule has 3 fully saturated rings. The third kappa shape index (κ3) is 2.19. The Hall–Kier alpha value is -1.62. The molecule has 118 valence electrons. The van der Waals surface area contributed by atoms with E-state index in [9.17, 15) is 9.60 Å². The lowest BCUT2D eigenvalue weighted by molar-refractivity contribution is 0.181. The first-order valence-corrected chi connectivity index (χ1v) is 8.23. The van der Waals surface area contributed by atoms with Gasteiger partial charge in [-0.1, -0.05) is 17.3 Å². The highest BCUT2D eigenvalue weighted by Gasteiger charge is 2.48. The minimum Gasteiger partial charge on any atom is -0.411 e. The number of para-hydroxylation sites is 1. The van der Waals surface area contributed by atoms with Gasteiger partial charge in [0.25, 0.3) is 0 Å². The Bertz CT molecular complexity index is 583. The second-order valence-electron chi connectivity index (χ2n) is 6.71. The smallest absolute Gasteiger partial charge is 0.146 e. The SMILES string of the molecule is ON=C1C2CCC(C2)C1N1CCN(c2ccccc2F)CC1. The van der Waals surface area contributed by atoms with Gasteiger partial charge in [-0.05, 0) is 37.3 Å². The monoisotopic (exact) mass is 303 g/mol. The topological polar surface area (TPSA) is 39.1 Å². The van der Waals surface area contributed by atoms with Gasteiger partial charge in [-0.3, -0.25) is 4.90 Å². The fourth-order valence-electron chi connectivity index (χ4n) is 4.63. The van der Waals surface area contributed by atoms with Gasteiger partial charge in [-0.2, -0.15) is 0 Å². The molecule has 0 spiro atoms. The van der Waals surface area contributed by atoms with Crippen LogP contribution in [0.3, 0.4) is 0 Å². The molecule has 3 unspecified atom stereocenters. The van der Waals surface area contributed by atoms with Crippen molar-refractivity contribution in [3.63, 3.8) is 0 Å². The Morgan fingerprint density at radius 1 is 1.09 bits per heavy atom. The second kappa shape index (κ2) is 5.54. The molecule has 1 aromatic carbocycles. The van der Waals surface area contributed by atoms with Crippen molar-refractivity contribution in [3.8, 4) is 0 Å². The molecule has 4 rings (SSSR count). The average molecular weight is 303 g/mol. The maximum absolute atomic E-state index is 13.9. The summed E-state index contributed by atoms with van der Waals surface area (Å²) in [4.78, 5) is 4.56. The Balaban J connectivity index is 1.45. The molecule has 4 nitrogen and oxygen atoms in total. The largest absolute Gasteiger partial charge is 0.411 e. The molecule has 2 bridgehead atoms. The summed E-state index contributed by atoms with van der Waals surface area (Å²) in [5.41, 5.74) is 1.70. The summed E-state index contributed by atoms with van der Waals surface area (Å²) in [6.07, 6.45) is 3.61. The van der Waals surface area contributed by atoms with E-state index in [2.05, 4.69) is 15.0 Å². The van der Waals surface area contributed by atoms with Crippen molar-refractivity contribution in [2.45, 2.75) is 25.3 Å². The van der Waals surface area contributed by atoms with Crippen LogP contribution < -0.4 is 4.90 Å². The average Bonchev–Trinajstić information content (AvgIpc) is 3.16. The number of anilines is 1. The lowest BCUT2D eigenvalue weighted by Gasteiger charge is -2.41. The van der Waals surface area contributed by atoms with Crippen LogP contribution in [0.25, 0.3) is 0 Å². The van der Waals surface area contributed by atoms with E-state index in [0.29, 0.717) is 23.6 Å². The van der Waals surface area contributed by atoms with E-state index in [-0.39, 0.29) is 5.82 Å². The van der Waals surface area contributed by atoms with Crippen molar-refractivity contribution in [1.29, 1.82) is 0 Å².